The van der Waals surface area contributed by atoms with Crippen LogP contribution in [0.2, 0.25) is 0 Å². The van der Waals surface area contributed by atoms with Gasteiger partial charge >= 0.3 is 5.97 Å². The van der Waals surface area contributed by atoms with E-state index in [1.165, 1.54) is 0 Å². The van der Waals surface area contributed by atoms with E-state index >= 15 is 0 Å². The third-order valence-electron chi connectivity index (χ3n) is 5.31. The molecule has 4 atom stereocenters. The van der Waals surface area contributed by atoms with Gasteiger partial charge in [0.25, 0.3) is 0 Å². The first kappa shape index (κ1) is 16.5. The van der Waals surface area contributed by atoms with Crippen LogP contribution in [0.5, 0.6) is 0 Å². The van der Waals surface area contributed by atoms with Gasteiger partial charge in [0.05, 0.1) is 12.0 Å². The molecule has 0 aliphatic carbocycles. The number of carbonyl (C=O) groups excluding carboxylic acids is 1. The van der Waals surface area contributed by atoms with Gasteiger partial charge in [0.2, 0.25) is 0 Å². The Morgan fingerprint density at radius 1 is 1.29 bits per heavy atom. The van der Waals surface area contributed by atoms with Crippen LogP contribution in [0.25, 0.3) is 0 Å². The van der Waals surface area contributed by atoms with Crippen LogP contribution in [-0.4, -0.2) is 23.3 Å². The van der Waals surface area contributed by atoms with E-state index in [1.54, 1.807) is 0 Å². The Morgan fingerprint density at radius 2 is 2.05 bits per heavy atom. The molecule has 0 unspecified atom stereocenters. The molecule has 0 bridgehead atoms. The van der Waals surface area contributed by atoms with Gasteiger partial charge in [-0.25, -0.2) is 0 Å². The topological polar surface area (TPSA) is 35.5 Å². The number of rotatable bonds is 7. The van der Waals surface area contributed by atoms with E-state index in [2.05, 4.69) is 39.8 Å². The van der Waals surface area contributed by atoms with Crippen molar-refractivity contribution < 1.29 is 14.3 Å². The third-order valence-corrected chi connectivity index (χ3v) is 5.31. The molecule has 0 radical (unpaired) electrons. The number of ether oxygens (including phenoxy) is 2. The van der Waals surface area contributed by atoms with Gasteiger partial charge in [0.1, 0.15) is 11.7 Å². The molecule has 2 aliphatic heterocycles. The van der Waals surface area contributed by atoms with Crippen molar-refractivity contribution in [1.29, 1.82) is 0 Å². The Hall–Kier alpha value is -0.830. The van der Waals surface area contributed by atoms with E-state index in [9.17, 15) is 4.79 Å². The molecule has 0 spiro atoms. The average molecular weight is 294 g/mol. The maximum absolute atomic E-state index is 11.6. The number of hydrogen-bond donors (Lipinski definition) is 0. The predicted octanol–water partition coefficient (Wildman–Crippen LogP) is 4.40. The highest BCUT2D eigenvalue weighted by Crippen LogP contribution is 2.51. The summed E-state index contributed by atoms with van der Waals surface area (Å²) in [6, 6.07) is 0. The minimum atomic E-state index is -0.361. The first-order chi connectivity index (χ1) is 10.0. The molecule has 2 heterocycles. The second kappa shape index (κ2) is 6.51. The predicted molar refractivity (Wildman–Crippen MR) is 84.1 cm³/mol. The van der Waals surface area contributed by atoms with Crippen LogP contribution >= 0.6 is 0 Å². The monoisotopic (exact) mass is 294 g/mol. The highest BCUT2D eigenvalue weighted by Gasteiger charge is 2.60. The number of fused-ring (bicyclic) bond motifs is 1. The molecule has 2 fully saturated rings. The molecule has 0 amide bonds. The zero-order chi connectivity index (χ0) is 15.5. The maximum Gasteiger partial charge on any atom is 0.309 e. The van der Waals surface area contributed by atoms with Crippen LogP contribution in [0.15, 0.2) is 12.2 Å². The molecule has 2 saturated heterocycles. The van der Waals surface area contributed by atoms with Gasteiger partial charge in [0, 0.05) is 6.42 Å². The lowest BCUT2D eigenvalue weighted by Gasteiger charge is -2.32. The fourth-order valence-corrected chi connectivity index (χ4v) is 3.91. The zero-order valence-corrected chi connectivity index (χ0v) is 14.0. The van der Waals surface area contributed by atoms with Crippen LogP contribution in [0.3, 0.4) is 0 Å². The van der Waals surface area contributed by atoms with E-state index in [0.29, 0.717) is 12.3 Å². The average Bonchev–Trinajstić information content (AvgIpc) is 2.93. The fourth-order valence-electron chi connectivity index (χ4n) is 3.91. The molecule has 2 rings (SSSR count). The largest absolute Gasteiger partial charge is 0.456 e. The summed E-state index contributed by atoms with van der Waals surface area (Å²) < 4.78 is 12.1. The van der Waals surface area contributed by atoms with Crippen LogP contribution in [0.4, 0.5) is 0 Å². The molecule has 2 aliphatic rings. The Bertz CT molecular complexity index is 403. The molecule has 0 aromatic carbocycles. The van der Waals surface area contributed by atoms with Crippen LogP contribution in [0.1, 0.15) is 72.6 Å². The quantitative estimate of drug-likeness (QED) is 0.515. The smallest absolute Gasteiger partial charge is 0.309 e. The fraction of sp³-hybridized carbons (Fsp3) is 0.833. The molecular formula is C18H30O3. The summed E-state index contributed by atoms with van der Waals surface area (Å²) >= 11 is 0. The van der Waals surface area contributed by atoms with Crippen molar-refractivity contribution in [1.82, 2.24) is 0 Å². The Morgan fingerprint density at radius 3 is 2.57 bits per heavy atom. The number of hydrogen-bond acceptors (Lipinski definition) is 3. The SMILES string of the molecule is CC/C=C/[C@H](CC)C[C@@]1(CC)C[C@]2(CC)OC(=O)C[C@@H]2O1. The lowest BCUT2D eigenvalue weighted by Crippen LogP contribution is -2.36. The van der Waals surface area contributed by atoms with Gasteiger partial charge in [-0.05, 0) is 38.0 Å². The van der Waals surface area contributed by atoms with Crippen molar-refractivity contribution in [3.8, 4) is 0 Å². The second-order valence-corrected chi connectivity index (χ2v) is 6.63. The van der Waals surface area contributed by atoms with E-state index in [-0.39, 0.29) is 23.3 Å². The molecule has 0 N–H and O–H groups in total. The van der Waals surface area contributed by atoms with Crippen molar-refractivity contribution >= 4 is 5.97 Å². The van der Waals surface area contributed by atoms with Crippen molar-refractivity contribution in [2.45, 2.75) is 89.9 Å². The van der Waals surface area contributed by atoms with Crippen molar-refractivity contribution in [2.24, 2.45) is 5.92 Å². The normalized spacial score (nSPS) is 37.0. The highest BCUT2D eigenvalue weighted by molar-refractivity contribution is 5.73. The first-order valence-electron chi connectivity index (χ1n) is 8.59. The maximum atomic E-state index is 11.6. The Kier molecular flexibility index (Phi) is 5.13. The van der Waals surface area contributed by atoms with Crippen LogP contribution in [-0.2, 0) is 14.3 Å². The van der Waals surface area contributed by atoms with Gasteiger partial charge in [-0.3, -0.25) is 4.79 Å². The molecule has 0 aromatic heterocycles. The zero-order valence-electron chi connectivity index (χ0n) is 14.0. The van der Waals surface area contributed by atoms with Gasteiger partial charge in [-0.2, -0.15) is 0 Å². The highest BCUT2D eigenvalue weighted by atomic mass is 16.6. The third kappa shape index (κ3) is 3.18. The van der Waals surface area contributed by atoms with E-state index < -0.39 is 0 Å². The molecule has 0 aromatic rings. The number of allylic oxidation sites excluding steroid dienone is 2. The summed E-state index contributed by atoms with van der Waals surface area (Å²) in [7, 11) is 0. The molecule has 0 saturated carbocycles. The van der Waals surface area contributed by atoms with E-state index in [1.807, 2.05) is 0 Å². The molecule has 3 heteroatoms. The minimum absolute atomic E-state index is 0.0392. The molecule has 3 nitrogen and oxygen atoms in total. The van der Waals surface area contributed by atoms with Crippen LogP contribution < -0.4 is 0 Å². The van der Waals surface area contributed by atoms with Gasteiger partial charge in [-0.1, -0.05) is 39.8 Å². The van der Waals surface area contributed by atoms with Crippen molar-refractivity contribution in [3.63, 3.8) is 0 Å². The summed E-state index contributed by atoms with van der Waals surface area (Å²) in [5.74, 6) is 0.456. The molecule has 21 heavy (non-hydrogen) atoms. The standard InChI is InChI=1S/C18H30O3/c1-5-9-10-14(6-2)12-17(7-3)13-18(8-4)15(20-17)11-16(19)21-18/h9-10,14-15H,5-8,11-13H2,1-4H3/b10-9+/t14-,15-,17-,18-/m0/s1. The first-order valence-corrected chi connectivity index (χ1v) is 8.59. The van der Waals surface area contributed by atoms with Crippen molar-refractivity contribution in [3.05, 3.63) is 12.2 Å². The van der Waals surface area contributed by atoms with Gasteiger partial charge in [-0.15, -0.1) is 0 Å². The Balaban J connectivity index is 2.13. The van der Waals surface area contributed by atoms with Gasteiger partial charge < -0.3 is 9.47 Å². The second-order valence-electron chi connectivity index (χ2n) is 6.63. The summed E-state index contributed by atoms with van der Waals surface area (Å²) in [6.45, 7) is 8.71. The molecule has 120 valence electrons. The van der Waals surface area contributed by atoms with E-state index in [4.69, 9.17) is 9.47 Å². The summed E-state index contributed by atoms with van der Waals surface area (Å²) in [6.07, 6.45) is 10.9. The summed E-state index contributed by atoms with van der Waals surface area (Å²) in [5, 5.41) is 0. The van der Waals surface area contributed by atoms with Gasteiger partial charge in [0.15, 0.2) is 0 Å². The number of carbonyl (C=O) groups is 1. The lowest BCUT2D eigenvalue weighted by atomic mass is 9.79. The lowest BCUT2D eigenvalue weighted by molar-refractivity contribution is -0.149. The van der Waals surface area contributed by atoms with E-state index in [0.717, 1.165) is 38.5 Å². The van der Waals surface area contributed by atoms with Crippen molar-refractivity contribution in [2.75, 3.05) is 0 Å². The molecular weight excluding hydrogens is 264 g/mol. The minimum Gasteiger partial charge on any atom is -0.456 e. The number of esters is 1. The van der Waals surface area contributed by atoms with Crippen LogP contribution in [0, 0.1) is 5.92 Å². The summed E-state index contributed by atoms with van der Waals surface area (Å²) in [4.78, 5) is 11.6. The summed E-state index contributed by atoms with van der Waals surface area (Å²) in [5.41, 5.74) is -0.486. The Labute approximate surface area is 129 Å².